The molecule has 7 nitrogen and oxygen atoms in total. The van der Waals surface area contributed by atoms with E-state index in [-0.39, 0.29) is 10.8 Å². The number of benzene rings is 2. The molecule has 2 N–H and O–H groups in total. The molecule has 0 unspecified atom stereocenters. The van der Waals surface area contributed by atoms with Gasteiger partial charge < -0.3 is 9.73 Å². The number of aryl methyl sites for hydroxylation is 1. The molecule has 1 aromatic heterocycles. The maximum Gasteiger partial charge on any atom is 0.269 e. The number of hydrogen-bond donors (Lipinski definition) is 2. The number of anilines is 1. The first-order chi connectivity index (χ1) is 14.3. The summed E-state index contributed by atoms with van der Waals surface area (Å²) in [5.74, 6) is 0.703. The van der Waals surface area contributed by atoms with Crippen LogP contribution < -0.4 is 10.6 Å². The van der Waals surface area contributed by atoms with E-state index in [9.17, 15) is 14.9 Å². The van der Waals surface area contributed by atoms with Crippen molar-refractivity contribution in [3.8, 4) is 11.3 Å². The fourth-order valence-corrected chi connectivity index (χ4v) is 2.91. The van der Waals surface area contributed by atoms with Crippen molar-refractivity contribution in [1.82, 2.24) is 5.32 Å². The van der Waals surface area contributed by atoms with Crippen molar-refractivity contribution in [3.63, 3.8) is 0 Å². The molecule has 152 valence electrons. The molecule has 0 spiro atoms. The van der Waals surface area contributed by atoms with E-state index in [1.165, 1.54) is 30.4 Å². The van der Waals surface area contributed by atoms with Crippen LogP contribution in [0.3, 0.4) is 0 Å². The molecule has 1 amide bonds. The minimum absolute atomic E-state index is 0.0210. The van der Waals surface area contributed by atoms with Crippen LogP contribution in [-0.4, -0.2) is 15.9 Å². The molecule has 0 saturated heterocycles. The van der Waals surface area contributed by atoms with E-state index in [4.69, 9.17) is 28.2 Å². The number of nitrogens with one attached hydrogen (secondary N) is 2. The molecule has 0 aliphatic rings. The number of nitro benzene ring substituents is 1. The molecule has 0 bridgehead atoms. The Morgan fingerprint density at radius 1 is 1.17 bits per heavy atom. The van der Waals surface area contributed by atoms with Gasteiger partial charge in [0.05, 0.1) is 4.92 Å². The SMILES string of the molecule is Cc1cc([N+](=O)[O-])ccc1NC(=S)NC(=O)C=Cc1ccc(-c2ccc(Cl)cc2)o1. The highest BCUT2D eigenvalue weighted by atomic mass is 35.5. The van der Waals surface area contributed by atoms with Gasteiger partial charge in [-0.25, -0.2) is 0 Å². The average Bonchev–Trinajstić information content (AvgIpc) is 3.17. The van der Waals surface area contributed by atoms with Gasteiger partial charge in [0.15, 0.2) is 5.11 Å². The molecule has 0 aliphatic heterocycles. The maximum atomic E-state index is 12.1. The topological polar surface area (TPSA) is 97.4 Å². The third-order valence-electron chi connectivity index (χ3n) is 4.06. The van der Waals surface area contributed by atoms with Gasteiger partial charge in [0.2, 0.25) is 5.91 Å². The lowest BCUT2D eigenvalue weighted by Gasteiger charge is -2.10. The Labute approximate surface area is 182 Å². The predicted molar refractivity (Wildman–Crippen MR) is 120 cm³/mol. The summed E-state index contributed by atoms with van der Waals surface area (Å²) in [5, 5.41) is 16.9. The van der Waals surface area contributed by atoms with Crippen LogP contribution in [0.1, 0.15) is 11.3 Å². The number of nitro groups is 1. The number of halogens is 1. The number of carbonyl (C=O) groups is 1. The van der Waals surface area contributed by atoms with Crippen molar-refractivity contribution in [1.29, 1.82) is 0 Å². The average molecular weight is 442 g/mol. The van der Waals surface area contributed by atoms with Gasteiger partial charge in [-0.15, -0.1) is 0 Å². The van der Waals surface area contributed by atoms with Crippen molar-refractivity contribution in [2.24, 2.45) is 0 Å². The van der Waals surface area contributed by atoms with E-state index in [1.54, 1.807) is 31.2 Å². The first-order valence-electron chi connectivity index (χ1n) is 8.73. The standard InChI is InChI=1S/C21H16ClN3O4S/c1-13-12-16(25(27)28)6-9-18(13)23-21(30)24-20(26)11-8-17-7-10-19(29-17)14-2-4-15(22)5-3-14/h2-12H,1H3,(H2,23,24,26,30). The van der Waals surface area contributed by atoms with E-state index in [0.29, 0.717) is 27.8 Å². The molecule has 0 fully saturated rings. The van der Waals surface area contributed by atoms with E-state index in [1.807, 2.05) is 12.1 Å². The van der Waals surface area contributed by atoms with Crippen molar-refractivity contribution < 1.29 is 14.1 Å². The van der Waals surface area contributed by atoms with Gasteiger partial charge in [-0.1, -0.05) is 11.6 Å². The Morgan fingerprint density at radius 3 is 2.57 bits per heavy atom. The van der Waals surface area contributed by atoms with Gasteiger partial charge in [-0.05, 0) is 73.2 Å². The zero-order valence-corrected chi connectivity index (χ0v) is 17.3. The van der Waals surface area contributed by atoms with Gasteiger partial charge in [0.1, 0.15) is 11.5 Å². The van der Waals surface area contributed by atoms with Crippen LogP contribution in [0.25, 0.3) is 17.4 Å². The van der Waals surface area contributed by atoms with E-state index in [0.717, 1.165) is 5.56 Å². The lowest BCUT2D eigenvalue weighted by molar-refractivity contribution is -0.384. The van der Waals surface area contributed by atoms with Crippen LogP contribution >= 0.6 is 23.8 Å². The fourth-order valence-electron chi connectivity index (χ4n) is 2.58. The summed E-state index contributed by atoms with van der Waals surface area (Å²) >= 11 is 11.0. The van der Waals surface area contributed by atoms with Crippen LogP contribution in [0.5, 0.6) is 0 Å². The third-order valence-corrected chi connectivity index (χ3v) is 4.52. The summed E-state index contributed by atoms with van der Waals surface area (Å²) in [6, 6.07) is 15.1. The van der Waals surface area contributed by atoms with Gasteiger partial charge in [-0.3, -0.25) is 20.2 Å². The van der Waals surface area contributed by atoms with Gasteiger partial charge in [0, 0.05) is 34.5 Å². The second kappa shape index (κ2) is 9.34. The first-order valence-corrected chi connectivity index (χ1v) is 9.51. The molecular formula is C21H16ClN3O4S. The molecule has 0 saturated carbocycles. The third kappa shape index (κ3) is 5.53. The van der Waals surface area contributed by atoms with Crippen LogP contribution in [-0.2, 0) is 4.79 Å². The molecule has 0 aliphatic carbocycles. The Morgan fingerprint density at radius 2 is 1.90 bits per heavy atom. The van der Waals surface area contributed by atoms with E-state index < -0.39 is 10.8 Å². The van der Waals surface area contributed by atoms with E-state index in [2.05, 4.69) is 10.6 Å². The van der Waals surface area contributed by atoms with Crippen molar-refractivity contribution in [2.45, 2.75) is 6.92 Å². The number of hydrogen-bond acceptors (Lipinski definition) is 5. The number of thiocarbonyl (C=S) groups is 1. The summed E-state index contributed by atoms with van der Waals surface area (Å²) in [5.41, 5.74) is 2.04. The highest BCUT2D eigenvalue weighted by Crippen LogP contribution is 2.24. The van der Waals surface area contributed by atoms with Crippen LogP contribution in [0, 0.1) is 17.0 Å². The highest BCUT2D eigenvalue weighted by molar-refractivity contribution is 7.80. The zero-order chi connectivity index (χ0) is 21.7. The van der Waals surface area contributed by atoms with Crippen molar-refractivity contribution in [2.75, 3.05) is 5.32 Å². The summed E-state index contributed by atoms with van der Waals surface area (Å²) in [6.45, 7) is 1.70. The van der Waals surface area contributed by atoms with Crippen LogP contribution in [0.4, 0.5) is 11.4 Å². The van der Waals surface area contributed by atoms with Crippen LogP contribution in [0.2, 0.25) is 5.02 Å². The molecule has 9 heteroatoms. The number of nitrogens with zero attached hydrogens (tertiary/aromatic N) is 1. The normalized spacial score (nSPS) is 10.7. The van der Waals surface area contributed by atoms with Gasteiger partial charge >= 0.3 is 0 Å². The first kappa shape index (κ1) is 21.2. The zero-order valence-electron chi connectivity index (χ0n) is 15.7. The molecule has 1 heterocycles. The number of furan rings is 1. The van der Waals surface area contributed by atoms with Crippen molar-refractivity contribution >= 4 is 52.3 Å². The quantitative estimate of drug-likeness (QED) is 0.240. The predicted octanol–water partition coefficient (Wildman–Crippen LogP) is 5.34. The summed E-state index contributed by atoms with van der Waals surface area (Å²) in [4.78, 5) is 22.4. The van der Waals surface area contributed by atoms with Gasteiger partial charge in [0.25, 0.3) is 5.69 Å². The molecule has 0 radical (unpaired) electrons. The lowest BCUT2D eigenvalue weighted by Crippen LogP contribution is -2.33. The number of non-ortho nitro benzene ring substituents is 1. The second-order valence-electron chi connectivity index (χ2n) is 6.24. The molecule has 3 aromatic rings. The van der Waals surface area contributed by atoms with E-state index >= 15 is 0 Å². The smallest absolute Gasteiger partial charge is 0.269 e. The Kier molecular flexibility index (Phi) is 6.61. The van der Waals surface area contributed by atoms with Gasteiger partial charge in [-0.2, -0.15) is 0 Å². The van der Waals surface area contributed by atoms with Crippen molar-refractivity contribution in [3.05, 3.63) is 87.1 Å². The largest absolute Gasteiger partial charge is 0.457 e. The molecule has 30 heavy (non-hydrogen) atoms. The summed E-state index contributed by atoms with van der Waals surface area (Å²) < 4.78 is 5.69. The Bertz CT molecular complexity index is 1140. The summed E-state index contributed by atoms with van der Waals surface area (Å²) in [6.07, 6.45) is 2.82. The lowest BCUT2D eigenvalue weighted by atomic mass is 10.2. The molecule has 3 rings (SSSR count). The maximum absolute atomic E-state index is 12.1. The Hall–Kier alpha value is -3.49. The number of amides is 1. The number of carbonyl (C=O) groups excluding carboxylic acids is 1. The summed E-state index contributed by atoms with van der Waals surface area (Å²) in [7, 11) is 0. The Balaban J connectivity index is 1.57. The molecule has 2 aromatic carbocycles. The monoisotopic (exact) mass is 441 g/mol. The molecular weight excluding hydrogens is 426 g/mol. The number of rotatable bonds is 5. The second-order valence-corrected chi connectivity index (χ2v) is 7.09. The highest BCUT2D eigenvalue weighted by Gasteiger charge is 2.10. The van der Waals surface area contributed by atoms with Crippen LogP contribution in [0.15, 0.2) is 65.1 Å². The molecule has 0 atom stereocenters. The fraction of sp³-hybridized carbons (Fsp3) is 0.0476. The minimum Gasteiger partial charge on any atom is -0.457 e. The minimum atomic E-state index is -0.478.